The van der Waals surface area contributed by atoms with Gasteiger partial charge in [-0.1, -0.05) is 12.2 Å². The van der Waals surface area contributed by atoms with Gasteiger partial charge in [0.15, 0.2) is 5.84 Å². The molecule has 9 nitrogen and oxygen atoms in total. The molecule has 4 rings (SSSR count). The first-order chi connectivity index (χ1) is 17.3. The molecule has 0 spiro atoms. The lowest BCUT2D eigenvalue weighted by molar-refractivity contribution is 0.174. The van der Waals surface area contributed by atoms with Crippen LogP contribution in [0, 0.1) is 5.92 Å². The summed E-state index contributed by atoms with van der Waals surface area (Å²) in [6, 6.07) is 1.40. The van der Waals surface area contributed by atoms with Crippen molar-refractivity contribution in [3.63, 3.8) is 0 Å². The third kappa shape index (κ3) is 5.76. The Bertz CT molecular complexity index is 1140. The van der Waals surface area contributed by atoms with E-state index in [1.54, 1.807) is 32.2 Å². The first-order valence-corrected chi connectivity index (χ1v) is 12.7. The number of hydrazine groups is 1. The molecule has 194 valence electrons. The maximum Gasteiger partial charge on any atom is 0.173 e. The monoisotopic (exact) mass is 495 g/mol. The number of nitrogen functional groups attached to an aromatic ring is 1. The van der Waals surface area contributed by atoms with Crippen molar-refractivity contribution in [1.82, 2.24) is 24.7 Å². The second-order valence-electron chi connectivity index (χ2n) is 9.91. The highest BCUT2D eigenvalue weighted by atomic mass is 19.1. The topological polar surface area (TPSA) is 128 Å². The quantitative estimate of drug-likeness (QED) is 0.168. The number of hydrogen-bond acceptors (Lipinski definition) is 7. The minimum Gasteiger partial charge on any atom is -0.383 e. The fourth-order valence-corrected chi connectivity index (χ4v) is 4.77. The molecular formula is C26H38FN9. The van der Waals surface area contributed by atoms with Gasteiger partial charge in [-0.25, -0.2) is 15.2 Å². The Morgan fingerprint density at radius 3 is 2.61 bits per heavy atom. The lowest BCUT2D eigenvalue weighted by atomic mass is 10.0. The Morgan fingerprint density at radius 2 is 1.97 bits per heavy atom. The van der Waals surface area contributed by atoms with Crippen LogP contribution in [0.4, 0.5) is 10.2 Å². The summed E-state index contributed by atoms with van der Waals surface area (Å²) in [5.74, 6) is 12.8. The summed E-state index contributed by atoms with van der Waals surface area (Å²) in [5.41, 5.74) is 8.79. The Kier molecular flexibility index (Phi) is 8.05. The van der Waals surface area contributed by atoms with E-state index in [9.17, 15) is 4.39 Å². The number of nitrogens with zero attached hydrogens (tertiary/aromatic N) is 6. The zero-order chi connectivity index (χ0) is 25.8. The Balaban J connectivity index is 1.51. The maximum absolute atomic E-state index is 14.9. The molecule has 1 saturated carbocycles. The van der Waals surface area contributed by atoms with Gasteiger partial charge >= 0.3 is 0 Å². The first-order valence-electron chi connectivity index (χ1n) is 12.7. The molecule has 1 saturated heterocycles. The second-order valence-corrected chi connectivity index (χ2v) is 9.91. The van der Waals surface area contributed by atoms with Crippen LogP contribution in [-0.2, 0) is 0 Å². The molecule has 1 aliphatic heterocycles. The standard InChI is InChI=1S/C26H38FN9/c1-4-5-17(2)24(27)18(3)36(30)26(33-29)23-12-20(13-31-25(23)28)21-14-32-35(16-21)22-8-10-34(11-9-22)15-19-6-7-19/h4-5,12-14,16,18-19,22H,6-11,15,29-30H2,1-3H3,(H2,28,31)/b5-4-,24-17+,33-26-. The molecule has 0 aromatic carbocycles. The van der Waals surface area contributed by atoms with Crippen LogP contribution in [0.2, 0.25) is 0 Å². The van der Waals surface area contributed by atoms with E-state index in [0.29, 0.717) is 17.2 Å². The van der Waals surface area contributed by atoms with Crippen molar-refractivity contribution in [2.24, 2.45) is 22.7 Å². The van der Waals surface area contributed by atoms with Crippen LogP contribution in [0.1, 0.15) is 58.1 Å². The van der Waals surface area contributed by atoms with Crippen molar-refractivity contribution in [3.8, 4) is 11.1 Å². The predicted octanol–water partition coefficient (Wildman–Crippen LogP) is 3.58. The van der Waals surface area contributed by atoms with Crippen LogP contribution in [0.15, 0.2) is 53.3 Å². The third-order valence-corrected chi connectivity index (χ3v) is 7.18. The smallest absolute Gasteiger partial charge is 0.173 e. The lowest BCUT2D eigenvalue weighted by Gasteiger charge is -2.32. The molecule has 6 N–H and O–H groups in total. The Morgan fingerprint density at radius 1 is 1.25 bits per heavy atom. The molecular weight excluding hydrogens is 457 g/mol. The van der Waals surface area contributed by atoms with Crippen LogP contribution in [0.3, 0.4) is 0 Å². The van der Waals surface area contributed by atoms with E-state index < -0.39 is 6.04 Å². The molecule has 1 atom stereocenters. The summed E-state index contributed by atoms with van der Waals surface area (Å²) >= 11 is 0. The summed E-state index contributed by atoms with van der Waals surface area (Å²) in [4.78, 5) is 6.92. The number of rotatable bonds is 8. The summed E-state index contributed by atoms with van der Waals surface area (Å²) in [5, 5.41) is 9.66. The Labute approximate surface area is 212 Å². The van der Waals surface area contributed by atoms with Gasteiger partial charge in [-0.15, -0.1) is 0 Å². The van der Waals surface area contributed by atoms with Gasteiger partial charge in [-0.3, -0.25) is 9.69 Å². The summed E-state index contributed by atoms with van der Waals surface area (Å²) in [6.07, 6.45) is 14.0. The number of pyridine rings is 1. The summed E-state index contributed by atoms with van der Waals surface area (Å²) in [7, 11) is 0. The minimum absolute atomic E-state index is 0.146. The number of halogens is 1. The zero-order valence-corrected chi connectivity index (χ0v) is 21.4. The van der Waals surface area contributed by atoms with Gasteiger partial charge in [0.25, 0.3) is 0 Å². The van der Waals surface area contributed by atoms with E-state index in [2.05, 4.69) is 24.8 Å². The lowest BCUT2D eigenvalue weighted by Crippen LogP contribution is -2.46. The van der Waals surface area contributed by atoms with E-state index in [0.717, 1.165) is 43.0 Å². The number of hydrazone groups is 1. The minimum atomic E-state index is -0.805. The number of amidine groups is 1. The highest BCUT2D eigenvalue weighted by molar-refractivity contribution is 6.03. The maximum atomic E-state index is 14.9. The average molecular weight is 496 g/mol. The summed E-state index contributed by atoms with van der Waals surface area (Å²) < 4.78 is 17.0. The number of aromatic nitrogens is 3. The molecule has 3 heterocycles. The van der Waals surface area contributed by atoms with E-state index in [-0.39, 0.29) is 17.5 Å². The van der Waals surface area contributed by atoms with Crippen molar-refractivity contribution < 1.29 is 4.39 Å². The number of allylic oxidation sites excluding steroid dienone is 3. The number of anilines is 1. The molecule has 1 aliphatic carbocycles. The van der Waals surface area contributed by atoms with Crippen LogP contribution >= 0.6 is 0 Å². The normalized spacial score (nSPS) is 19.5. The molecule has 2 aromatic rings. The van der Waals surface area contributed by atoms with Crippen molar-refractivity contribution in [1.29, 1.82) is 0 Å². The van der Waals surface area contributed by atoms with E-state index >= 15 is 0 Å². The number of hydrogen-bond donors (Lipinski definition) is 3. The van der Waals surface area contributed by atoms with Crippen LogP contribution in [0.5, 0.6) is 0 Å². The zero-order valence-electron chi connectivity index (χ0n) is 21.4. The van der Waals surface area contributed by atoms with Gasteiger partial charge in [-0.05, 0) is 64.0 Å². The molecule has 1 unspecified atom stereocenters. The molecule has 0 amide bonds. The van der Waals surface area contributed by atoms with Crippen LogP contribution in [-0.4, -0.2) is 56.2 Å². The second kappa shape index (κ2) is 11.2. The van der Waals surface area contributed by atoms with Crippen molar-refractivity contribution >= 4 is 11.7 Å². The number of nitrogens with two attached hydrogens (primary N) is 3. The van der Waals surface area contributed by atoms with Crippen LogP contribution < -0.4 is 17.4 Å². The Hall–Kier alpha value is -3.24. The number of piperidine rings is 1. The number of likely N-dealkylation sites (tertiary alicyclic amines) is 1. The first kappa shape index (κ1) is 25.8. The molecule has 2 aromatic heterocycles. The highest BCUT2D eigenvalue weighted by Gasteiger charge is 2.28. The molecule has 36 heavy (non-hydrogen) atoms. The SMILES string of the molecule is C/C=C\C(C)=C(\F)C(C)N(N)/C(=N\N)c1cc(-c2cnn(C3CCN(CC4CC4)CC3)c2)cnc1N. The van der Waals surface area contributed by atoms with E-state index in [1.807, 2.05) is 25.4 Å². The van der Waals surface area contributed by atoms with Gasteiger partial charge in [-0.2, -0.15) is 10.2 Å². The molecule has 0 radical (unpaired) electrons. The predicted molar refractivity (Wildman–Crippen MR) is 142 cm³/mol. The van der Waals surface area contributed by atoms with Crippen LogP contribution in [0.25, 0.3) is 11.1 Å². The molecule has 2 fully saturated rings. The van der Waals surface area contributed by atoms with Gasteiger partial charge in [0.2, 0.25) is 0 Å². The fourth-order valence-electron chi connectivity index (χ4n) is 4.77. The van der Waals surface area contributed by atoms with E-state index in [1.165, 1.54) is 24.4 Å². The third-order valence-electron chi connectivity index (χ3n) is 7.18. The molecule has 2 aliphatic rings. The van der Waals surface area contributed by atoms with Crippen molar-refractivity contribution in [3.05, 3.63) is 53.8 Å². The highest BCUT2D eigenvalue weighted by Crippen LogP contribution is 2.32. The average Bonchev–Trinajstić information content (AvgIpc) is 3.56. The van der Waals surface area contributed by atoms with Gasteiger partial charge in [0.05, 0.1) is 23.8 Å². The van der Waals surface area contributed by atoms with E-state index in [4.69, 9.17) is 17.4 Å². The largest absolute Gasteiger partial charge is 0.383 e. The van der Waals surface area contributed by atoms with Gasteiger partial charge in [0, 0.05) is 43.2 Å². The fraction of sp³-hybridized carbons (Fsp3) is 0.500. The van der Waals surface area contributed by atoms with Crippen molar-refractivity contribution in [2.45, 2.75) is 58.5 Å². The van der Waals surface area contributed by atoms with Crippen molar-refractivity contribution in [2.75, 3.05) is 25.4 Å². The van der Waals surface area contributed by atoms with Gasteiger partial charge < -0.3 is 16.5 Å². The summed E-state index contributed by atoms with van der Waals surface area (Å²) in [6.45, 7) is 8.62. The molecule has 0 bridgehead atoms. The molecule has 10 heteroatoms. The van der Waals surface area contributed by atoms with Gasteiger partial charge in [0.1, 0.15) is 11.6 Å².